The molecule has 0 amide bonds. The number of ether oxygens (including phenoxy) is 3. The first-order valence-corrected chi connectivity index (χ1v) is 6.55. The van der Waals surface area contributed by atoms with Crippen molar-refractivity contribution in [1.82, 2.24) is 4.90 Å². The van der Waals surface area contributed by atoms with Crippen molar-refractivity contribution in [2.45, 2.75) is 57.2 Å². The molecular weight excluding hydrogens is 234 g/mol. The fraction of sp³-hybridized carbons (Fsp3) is 0.923. The van der Waals surface area contributed by atoms with E-state index in [9.17, 15) is 4.79 Å². The van der Waals surface area contributed by atoms with Gasteiger partial charge in [0, 0.05) is 19.4 Å². The summed E-state index contributed by atoms with van der Waals surface area (Å²) in [7, 11) is 3.88. The van der Waals surface area contributed by atoms with E-state index in [-0.39, 0.29) is 24.3 Å². The van der Waals surface area contributed by atoms with E-state index in [1.807, 2.05) is 32.8 Å². The molecule has 0 aromatic rings. The molecule has 0 radical (unpaired) electrons. The fourth-order valence-corrected chi connectivity index (χ4v) is 2.58. The van der Waals surface area contributed by atoms with E-state index in [1.165, 1.54) is 0 Å². The van der Waals surface area contributed by atoms with Gasteiger partial charge in [-0.2, -0.15) is 0 Å². The van der Waals surface area contributed by atoms with Crippen LogP contribution in [-0.2, 0) is 19.0 Å². The number of esters is 1. The summed E-state index contributed by atoms with van der Waals surface area (Å²) in [5.74, 6) is -0.622. The van der Waals surface area contributed by atoms with Crippen LogP contribution in [0.15, 0.2) is 0 Å². The van der Waals surface area contributed by atoms with Crippen molar-refractivity contribution in [2.75, 3.05) is 20.6 Å². The van der Waals surface area contributed by atoms with Gasteiger partial charge in [0.2, 0.25) is 0 Å². The van der Waals surface area contributed by atoms with Crippen LogP contribution in [0, 0.1) is 0 Å². The highest BCUT2D eigenvalue weighted by Gasteiger charge is 2.48. The van der Waals surface area contributed by atoms with E-state index in [4.69, 9.17) is 14.2 Å². The second-order valence-electron chi connectivity index (χ2n) is 5.85. The summed E-state index contributed by atoms with van der Waals surface area (Å²) in [6.07, 6.45) is 2.04. The van der Waals surface area contributed by atoms with Crippen LogP contribution in [0.5, 0.6) is 0 Å². The van der Waals surface area contributed by atoms with E-state index < -0.39 is 5.79 Å². The summed E-state index contributed by atoms with van der Waals surface area (Å²) in [5, 5.41) is 0. The lowest BCUT2D eigenvalue weighted by atomic mass is 10.3. The third-order valence-corrected chi connectivity index (χ3v) is 3.34. The standard InChI is InChI=1S/C13H23NO4/c1-13(2)17-10-7-9(8-11(10)18-13)16-12(15)5-6-14(3)4/h9-11H,5-8H2,1-4H3/t9?,10-,11+. The molecule has 1 saturated carbocycles. The maximum Gasteiger partial charge on any atom is 0.307 e. The minimum absolute atomic E-state index is 0.0502. The van der Waals surface area contributed by atoms with Gasteiger partial charge < -0.3 is 19.1 Å². The number of carbonyl (C=O) groups is 1. The Balaban J connectivity index is 1.73. The monoisotopic (exact) mass is 257 g/mol. The highest BCUT2D eigenvalue weighted by Crippen LogP contribution is 2.39. The van der Waals surface area contributed by atoms with Gasteiger partial charge in [0.1, 0.15) is 6.10 Å². The van der Waals surface area contributed by atoms with Gasteiger partial charge in [0.05, 0.1) is 18.6 Å². The molecule has 104 valence electrons. The van der Waals surface area contributed by atoms with Crippen LogP contribution in [0.3, 0.4) is 0 Å². The first kappa shape index (κ1) is 13.8. The number of fused-ring (bicyclic) bond motifs is 1. The van der Waals surface area contributed by atoms with E-state index in [0.717, 1.165) is 19.4 Å². The highest BCUT2D eigenvalue weighted by atomic mass is 16.8. The van der Waals surface area contributed by atoms with Crippen LogP contribution in [0.2, 0.25) is 0 Å². The molecule has 2 fully saturated rings. The first-order valence-electron chi connectivity index (χ1n) is 6.55. The van der Waals surface area contributed by atoms with E-state index >= 15 is 0 Å². The van der Waals surface area contributed by atoms with Gasteiger partial charge in [0.15, 0.2) is 5.79 Å². The van der Waals surface area contributed by atoms with Crippen molar-refractivity contribution in [2.24, 2.45) is 0 Å². The molecule has 5 nitrogen and oxygen atoms in total. The van der Waals surface area contributed by atoms with Crippen molar-refractivity contribution >= 4 is 5.97 Å². The molecule has 5 heteroatoms. The molecule has 0 N–H and O–H groups in total. The molecule has 3 atom stereocenters. The Morgan fingerprint density at radius 1 is 1.28 bits per heavy atom. The fourth-order valence-electron chi connectivity index (χ4n) is 2.58. The zero-order valence-corrected chi connectivity index (χ0v) is 11.6. The summed E-state index contributed by atoms with van der Waals surface area (Å²) >= 11 is 0. The summed E-state index contributed by atoms with van der Waals surface area (Å²) in [6.45, 7) is 4.56. The minimum atomic E-state index is -0.491. The molecule has 1 unspecified atom stereocenters. The largest absolute Gasteiger partial charge is 0.462 e. The summed E-state index contributed by atoms with van der Waals surface area (Å²) in [5.41, 5.74) is 0. The minimum Gasteiger partial charge on any atom is -0.462 e. The van der Waals surface area contributed by atoms with Crippen molar-refractivity contribution in [1.29, 1.82) is 0 Å². The number of rotatable bonds is 4. The first-order chi connectivity index (χ1) is 8.35. The zero-order chi connectivity index (χ0) is 13.3. The van der Waals surface area contributed by atoms with E-state index in [2.05, 4.69) is 0 Å². The average Bonchev–Trinajstić information content (AvgIpc) is 2.67. The van der Waals surface area contributed by atoms with Crippen LogP contribution in [0.4, 0.5) is 0 Å². The van der Waals surface area contributed by atoms with Crippen molar-refractivity contribution in [3.05, 3.63) is 0 Å². The van der Waals surface area contributed by atoms with Crippen molar-refractivity contribution in [3.8, 4) is 0 Å². The average molecular weight is 257 g/mol. The Kier molecular flexibility index (Phi) is 3.94. The number of carbonyl (C=O) groups excluding carboxylic acids is 1. The molecule has 18 heavy (non-hydrogen) atoms. The Morgan fingerprint density at radius 2 is 1.83 bits per heavy atom. The van der Waals surface area contributed by atoms with Gasteiger partial charge in [-0.1, -0.05) is 0 Å². The summed E-state index contributed by atoms with van der Waals surface area (Å²) in [4.78, 5) is 13.6. The molecule has 0 spiro atoms. The van der Waals surface area contributed by atoms with Crippen LogP contribution in [0.25, 0.3) is 0 Å². The second-order valence-corrected chi connectivity index (χ2v) is 5.85. The van der Waals surface area contributed by atoms with E-state index in [0.29, 0.717) is 6.42 Å². The van der Waals surface area contributed by atoms with Gasteiger partial charge in [-0.3, -0.25) is 4.79 Å². The molecule has 1 saturated heterocycles. The van der Waals surface area contributed by atoms with Crippen LogP contribution >= 0.6 is 0 Å². The van der Waals surface area contributed by atoms with Gasteiger partial charge in [0.25, 0.3) is 0 Å². The normalized spacial score (nSPS) is 33.7. The maximum atomic E-state index is 11.6. The van der Waals surface area contributed by atoms with E-state index in [1.54, 1.807) is 0 Å². The molecule has 1 aliphatic heterocycles. The highest BCUT2D eigenvalue weighted by molar-refractivity contribution is 5.69. The predicted molar refractivity (Wildman–Crippen MR) is 66.1 cm³/mol. The maximum absolute atomic E-state index is 11.6. The van der Waals surface area contributed by atoms with Gasteiger partial charge in [-0.25, -0.2) is 0 Å². The number of hydrogen-bond donors (Lipinski definition) is 0. The molecule has 1 aliphatic carbocycles. The molecule has 0 aromatic carbocycles. The third-order valence-electron chi connectivity index (χ3n) is 3.34. The summed E-state index contributed by atoms with van der Waals surface area (Å²) in [6, 6.07) is 0. The number of hydrogen-bond acceptors (Lipinski definition) is 5. The number of nitrogens with zero attached hydrogens (tertiary/aromatic N) is 1. The Labute approximate surface area is 108 Å². The molecule has 0 aromatic heterocycles. The van der Waals surface area contributed by atoms with Crippen molar-refractivity contribution in [3.63, 3.8) is 0 Å². The smallest absolute Gasteiger partial charge is 0.307 e. The Bertz CT molecular complexity index is 300. The predicted octanol–water partition coefficient (Wildman–Crippen LogP) is 1.16. The van der Waals surface area contributed by atoms with Crippen LogP contribution in [-0.4, -0.2) is 55.6 Å². The molecule has 0 bridgehead atoms. The topological polar surface area (TPSA) is 48.0 Å². The molecular formula is C13H23NO4. The van der Waals surface area contributed by atoms with Crippen LogP contribution < -0.4 is 0 Å². The quantitative estimate of drug-likeness (QED) is 0.707. The lowest BCUT2D eigenvalue weighted by Gasteiger charge is -2.20. The van der Waals surface area contributed by atoms with Gasteiger partial charge >= 0.3 is 5.97 Å². The Hall–Kier alpha value is -0.650. The lowest BCUT2D eigenvalue weighted by Crippen LogP contribution is -2.26. The van der Waals surface area contributed by atoms with Gasteiger partial charge in [-0.15, -0.1) is 0 Å². The van der Waals surface area contributed by atoms with Gasteiger partial charge in [-0.05, 0) is 27.9 Å². The van der Waals surface area contributed by atoms with Crippen LogP contribution in [0.1, 0.15) is 33.1 Å². The molecule has 1 heterocycles. The third kappa shape index (κ3) is 3.43. The Morgan fingerprint density at radius 3 is 2.33 bits per heavy atom. The summed E-state index contributed by atoms with van der Waals surface area (Å²) < 4.78 is 17.0. The molecule has 2 aliphatic rings. The zero-order valence-electron chi connectivity index (χ0n) is 11.6. The molecule has 2 rings (SSSR count). The lowest BCUT2D eigenvalue weighted by molar-refractivity contribution is -0.165. The van der Waals surface area contributed by atoms with Crippen molar-refractivity contribution < 1.29 is 19.0 Å². The SMILES string of the molecule is CN(C)CCC(=O)OC1C[C@@H]2OC(C)(C)O[C@@H]2C1. The second kappa shape index (κ2) is 5.15.